The number of aliphatic imine (C=N–C) groups is 2. The molecule has 0 rings (SSSR count). The number of rotatable bonds is 4. The van der Waals surface area contributed by atoms with Gasteiger partial charge in [-0.15, -0.1) is 0 Å². The van der Waals surface area contributed by atoms with Crippen molar-refractivity contribution in [3.05, 3.63) is 0 Å². The van der Waals surface area contributed by atoms with Gasteiger partial charge in [0.25, 0.3) is 0 Å². The van der Waals surface area contributed by atoms with E-state index in [0.29, 0.717) is 0 Å². The largest absolute Gasteiger partial charge is 0.235 e. The fourth-order valence-electron chi connectivity index (χ4n) is 1.29. The van der Waals surface area contributed by atoms with Crippen LogP contribution < -0.4 is 0 Å². The highest BCUT2D eigenvalue weighted by Gasteiger charge is 2.37. The molecule has 0 aromatic carbocycles. The first-order valence-corrected chi connectivity index (χ1v) is 4.46. The molecule has 0 radical (unpaired) electrons. The Labute approximate surface area is 84.1 Å². The van der Waals surface area contributed by atoms with Crippen LogP contribution in [-0.2, 0) is 9.59 Å². The molecule has 0 N–H and O–H groups in total. The van der Waals surface area contributed by atoms with Gasteiger partial charge in [-0.05, 0) is 27.7 Å². The predicted molar refractivity (Wildman–Crippen MR) is 53.6 cm³/mol. The second-order valence-electron chi connectivity index (χ2n) is 4.44. The second kappa shape index (κ2) is 4.32. The van der Waals surface area contributed by atoms with Crippen LogP contribution in [0.25, 0.3) is 0 Å². The Hall–Kier alpha value is -1.24. The van der Waals surface area contributed by atoms with E-state index >= 15 is 0 Å². The van der Waals surface area contributed by atoms with E-state index in [2.05, 4.69) is 9.98 Å². The van der Waals surface area contributed by atoms with Crippen molar-refractivity contribution in [1.29, 1.82) is 0 Å². The van der Waals surface area contributed by atoms with Crippen molar-refractivity contribution in [3.63, 3.8) is 0 Å². The molecule has 0 saturated heterocycles. The van der Waals surface area contributed by atoms with Crippen LogP contribution in [0.5, 0.6) is 0 Å². The van der Waals surface area contributed by atoms with Crippen LogP contribution >= 0.6 is 0 Å². The zero-order valence-corrected chi connectivity index (χ0v) is 9.29. The molecule has 4 nitrogen and oxygen atoms in total. The number of carbonyl (C=O) groups excluding carboxylic acids is 2. The molecule has 0 aliphatic heterocycles. The van der Waals surface area contributed by atoms with E-state index in [0.717, 1.165) is 0 Å². The van der Waals surface area contributed by atoms with Gasteiger partial charge in [0.05, 0.1) is 11.1 Å². The Bertz CT molecular complexity index is 265. The van der Waals surface area contributed by atoms with Gasteiger partial charge in [0.2, 0.25) is 12.2 Å². The topological polar surface area (TPSA) is 58.9 Å². The van der Waals surface area contributed by atoms with Crippen LogP contribution in [0.1, 0.15) is 34.6 Å². The molecule has 0 heterocycles. The molecule has 0 aliphatic rings. The highest BCUT2D eigenvalue weighted by Crippen LogP contribution is 2.32. The third-order valence-corrected chi connectivity index (χ3v) is 2.79. The summed E-state index contributed by atoms with van der Waals surface area (Å²) in [5, 5.41) is 0. The van der Waals surface area contributed by atoms with Crippen molar-refractivity contribution in [2.75, 3.05) is 0 Å². The van der Waals surface area contributed by atoms with Gasteiger partial charge < -0.3 is 0 Å². The van der Waals surface area contributed by atoms with E-state index in [4.69, 9.17) is 0 Å². The maximum atomic E-state index is 10.2. The number of nitrogens with zero attached hydrogens (tertiary/aromatic N) is 2. The third-order valence-electron chi connectivity index (χ3n) is 2.79. The average Bonchev–Trinajstić information content (AvgIpc) is 2.02. The van der Waals surface area contributed by atoms with Gasteiger partial charge in [0.15, 0.2) is 0 Å². The molecule has 0 unspecified atom stereocenters. The van der Waals surface area contributed by atoms with E-state index in [1.54, 1.807) is 0 Å². The smallest absolute Gasteiger partial charge is 0.211 e. The third kappa shape index (κ3) is 2.91. The first-order valence-electron chi connectivity index (χ1n) is 4.46. The van der Waals surface area contributed by atoms with E-state index in [1.165, 1.54) is 12.2 Å². The molecule has 0 aromatic heterocycles. The Morgan fingerprint density at radius 1 is 0.929 bits per heavy atom. The van der Waals surface area contributed by atoms with Crippen LogP contribution in [0.3, 0.4) is 0 Å². The summed E-state index contributed by atoms with van der Waals surface area (Å²) < 4.78 is 0. The van der Waals surface area contributed by atoms with Crippen LogP contribution in [-0.4, -0.2) is 23.2 Å². The minimum Gasteiger partial charge on any atom is -0.211 e. The average molecular weight is 196 g/mol. The Kier molecular flexibility index (Phi) is 3.93. The van der Waals surface area contributed by atoms with Gasteiger partial charge >= 0.3 is 0 Å². The van der Waals surface area contributed by atoms with Crippen molar-refractivity contribution in [3.8, 4) is 0 Å². The van der Waals surface area contributed by atoms with Gasteiger partial charge in [-0.25, -0.2) is 9.59 Å². The van der Waals surface area contributed by atoms with Crippen LogP contribution in [0.2, 0.25) is 0 Å². The quantitative estimate of drug-likeness (QED) is 0.509. The SMILES string of the molecule is CC(C(C)(C)N=C=O)C(C)(C)N=C=O. The van der Waals surface area contributed by atoms with E-state index in [9.17, 15) is 9.59 Å². The zero-order chi connectivity index (χ0) is 11.4. The molecule has 4 heteroatoms. The summed E-state index contributed by atoms with van der Waals surface area (Å²) in [7, 11) is 0. The molecule has 0 fully saturated rings. The molecular weight excluding hydrogens is 180 g/mol. The molecule has 0 atom stereocenters. The Morgan fingerprint density at radius 3 is 1.43 bits per heavy atom. The lowest BCUT2D eigenvalue weighted by Crippen LogP contribution is -2.41. The second-order valence-corrected chi connectivity index (χ2v) is 4.44. The summed E-state index contributed by atoms with van der Waals surface area (Å²) in [5.74, 6) is -0.0575. The monoisotopic (exact) mass is 196 g/mol. The standard InChI is InChI=1S/C10H16N2O2/c1-8(9(2,3)11-6-13)10(4,5)12-7-14/h8H,1-5H3. The maximum absolute atomic E-state index is 10.2. The lowest BCUT2D eigenvalue weighted by atomic mass is 9.76. The van der Waals surface area contributed by atoms with Crippen molar-refractivity contribution in [2.45, 2.75) is 45.7 Å². The zero-order valence-electron chi connectivity index (χ0n) is 9.29. The molecule has 0 amide bonds. The van der Waals surface area contributed by atoms with E-state index < -0.39 is 11.1 Å². The van der Waals surface area contributed by atoms with Crippen LogP contribution in [0, 0.1) is 5.92 Å². The number of isocyanates is 2. The fourth-order valence-corrected chi connectivity index (χ4v) is 1.29. The predicted octanol–water partition coefficient (Wildman–Crippen LogP) is 1.85. The molecule has 0 spiro atoms. The van der Waals surface area contributed by atoms with Gasteiger partial charge in [-0.2, -0.15) is 9.98 Å². The Morgan fingerprint density at radius 2 is 1.21 bits per heavy atom. The van der Waals surface area contributed by atoms with Crippen molar-refractivity contribution in [1.82, 2.24) is 0 Å². The molecule has 0 bridgehead atoms. The lowest BCUT2D eigenvalue weighted by molar-refractivity contribution is 0.233. The Balaban J connectivity index is 5.02. The first kappa shape index (κ1) is 12.8. The van der Waals surface area contributed by atoms with E-state index in [1.807, 2.05) is 34.6 Å². The van der Waals surface area contributed by atoms with Gasteiger partial charge in [-0.1, -0.05) is 6.92 Å². The summed E-state index contributed by atoms with van der Waals surface area (Å²) in [6.45, 7) is 9.13. The van der Waals surface area contributed by atoms with Gasteiger partial charge in [0, 0.05) is 5.92 Å². The first-order chi connectivity index (χ1) is 6.28. The summed E-state index contributed by atoms with van der Waals surface area (Å²) in [5.41, 5.74) is -1.16. The minimum absolute atomic E-state index is 0.0575. The summed E-state index contributed by atoms with van der Waals surface area (Å²) in [4.78, 5) is 27.8. The summed E-state index contributed by atoms with van der Waals surface area (Å²) in [6, 6.07) is 0. The summed E-state index contributed by atoms with van der Waals surface area (Å²) >= 11 is 0. The molecule has 14 heavy (non-hydrogen) atoms. The minimum atomic E-state index is -0.578. The maximum Gasteiger partial charge on any atom is 0.235 e. The number of hydrogen-bond acceptors (Lipinski definition) is 4. The van der Waals surface area contributed by atoms with E-state index in [-0.39, 0.29) is 5.92 Å². The van der Waals surface area contributed by atoms with Crippen molar-refractivity contribution < 1.29 is 9.59 Å². The van der Waals surface area contributed by atoms with Crippen LogP contribution in [0.15, 0.2) is 9.98 Å². The highest BCUT2D eigenvalue weighted by molar-refractivity contribution is 5.36. The van der Waals surface area contributed by atoms with Gasteiger partial charge in [0.1, 0.15) is 0 Å². The normalized spacial score (nSPS) is 13.8. The molecule has 0 aliphatic carbocycles. The fraction of sp³-hybridized carbons (Fsp3) is 0.800. The molecular formula is C10H16N2O2. The highest BCUT2D eigenvalue weighted by atomic mass is 16.1. The molecule has 0 aromatic rings. The number of hydrogen-bond donors (Lipinski definition) is 0. The molecule has 78 valence electrons. The van der Waals surface area contributed by atoms with Gasteiger partial charge in [-0.3, -0.25) is 0 Å². The molecule has 0 saturated carbocycles. The van der Waals surface area contributed by atoms with Crippen molar-refractivity contribution in [2.24, 2.45) is 15.9 Å². The van der Waals surface area contributed by atoms with Crippen molar-refractivity contribution >= 4 is 12.2 Å². The lowest BCUT2D eigenvalue weighted by Gasteiger charge is -2.35. The summed E-state index contributed by atoms with van der Waals surface area (Å²) in [6.07, 6.45) is 3.08. The van der Waals surface area contributed by atoms with Crippen LogP contribution in [0.4, 0.5) is 0 Å².